The number of benzene rings is 2. The number of ether oxygens (including phenoxy) is 3. The molecule has 0 saturated heterocycles. The van der Waals surface area contributed by atoms with E-state index in [1.165, 1.54) is 19.1 Å². The Hall–Kier alpha value is -4.37. The molecule has 1 aliphatic rings. The average molecular weight is 550 g/mol. The molecule has 2 N–H and O–H groups in total. The van der Waals surface area contributed by atoms with E-state index in [1.807, 2.05) is 32.0 Å². The van der Waals surface area contributed by atoms with Gasteiger partial charge in [0.1, 0.15) is 16.7 Å². The number of halogens is 1. The molecular formula is C29H28ClN3O6. The number of rotatable bonds is 6. The van der Waals surface area contributed by atoms with Gasteiger partial charge in [0, 0.05) is 16.6 Å². The Morgan fingerprint density at radius 1 is 0.923 bits per heavy atom. The minimum absolute atomic E-state index is 0.0142. The minimum atomic E-state index is -1.25. The van der Waals surface area contributed by atoms with Gasteiger partial charge in [-0.25, -0.2) is 19.4 Å². The average Bonchev–Trinajstić information content (AvgIpc) is 2.92. The van der Waals surface area contributed by atoms with Crippen LogP contribution >= 0.6 is 11.6 Å². The van der Waals surface area contributed by atoms with Crippen molar-refractivity contribution in [2.45, 2.75) is 26.7 Å². The number of anilines is 1. The molecule has 0 saturated carbocycles. The van der Waals surface area contributed by atoms with Gasteiger partial charge in [-0.2, -0.15) is 0 Å². The number of hydrogen-bond acceptors (Lipinski definition) is 9. The second kappa shape index (κ2) is 11.2. The molecule has 3 aromatic rings. The van der Waals surface area contributed by atoms with Crippen molar-refractivity contribution >= 4 is 46.1 Å². The van der Waals surface area contributed by atoms with Crippen LogP contribution in [-0.4, -0.2) is 43.7 Å². The van der Waals surface area contributed by atoms with Crippen LogP contribution in [0.5, 0.6) is 0 Å². The number of esters is 3. The van der Waals surface area contributed by atoms with Gasteiger partial charge < -0.3 is 19.9 Å². The number of aryl methyl sites for hydroxylation is 2. The first-order chi connectivity index (χ1) is 18.6. The van der Waals surface area contributed by atoms with E-state index in [-0.39, 0.29) is 40.0 Å². The summed E-state index contributed by atoms with van der Waals surface area (Å²) >= 11 is 6.69. The fraction of sp³-hybridized carbons (Fsp3) is 0.241. The molecule has 1 atom stereocenters. The zero-order chi connectivity index (χ0) is 28.4. The van der Waals surface area contributed by atoms with Gasteiger partial charge in [-0.3, -0.25) is 4.90 Å². The van der Waals surface area contributed by atoms with Crippen molar-refractivity contribution in [2.75, 3.05) is 25.7 Å². The Morgan fingerprint density at radius 3 is 2.18 bits per heavy atom. The third-order valence-electron chi connectivity index (χ3n) is 6.41. The highest BCUT2D eigenvalue weighted by molar-refractivity contribution is 6.31. The summed E-state index contributed by atoms with van der Waals surface area (Å²) in [4.78, 5) is 46.1. The highest BCUT2D eigenvalue weighted by Gasteiger charge is 2.46. The monoisotopic (exact) mass is 549 g/mol. The Bertz CT molecular complexity index is 1540. The molecule has 0 amide bonds. The van der Waals surface area contributed by atoms with E-state index in [0.717, 1.165) is 11.1 Å². The van der Waals surface area contributed by atoms with Gasteiger partial charge in [0.15, 0.2) is 0 Å². The number of nitrogens with two attached hydrogens (primary N) is 1. The number of fused-ring (bicyclic) bond motifs is 1. The molecule has 0 radical (unpaired) electrons. The molecule has 1 aliphatic heterocycles. The zero-order valence-corrected chi connectivity index (χ0v) is 23.0. The summed E-state index contributed by atoms with van der Waals surface area (Å²) in [6.45, 7) is 5.50. The predicted octanol–water partition coefficient (Wildman–Crippen LogP) is 4.44. The highest BCUT2D eigenvalue weighted by Crippen LogP contribution is 2.46. The van der Waals surface area contributed by atoms with Crippen molar-refractivity contribution in [3.8, 4) is 0 Å². The molecule has 1 unspecified atom stereocenters. The van der Waals surface area contributed by atoms with Gasteiger partial charge in [-0.15, -0.1) is 0 Å². The van der Waals surface area contributed by atoms with Crippen LogP contribution in [0, 0.1) is 13.8 Å². The first-order valence-electron chi connectivity index (χ1n) is 12.1. The SMILES string of the molecule is CCOC(=O)C1=C(N)N(c2ccc(C)cc2)C(C(=O)OC)=C(C(=O)OC)C1c1cc2cc(C)ccc2nc1Cl. The topological polar surface area (TPSA) is 121 Å². The largest absolute Gasteiger partial charge is 0.466 e. The van der Waals surface area contributed by atoms with E-state index in [9.17, 15) is 14.4 Å². The lowest BCUT2D eigenvalue weighted by atomic mass is 9.80. The summed E-state index contributed by atoms with van der Waals surface area (Å²) in [6.07, 6.45) is 0. The molecule has 1 aromatic heterocycles. The van der Waals surface area contributed by atoms with Crippen LogP contribution in [0.25, 0.3) is 10.9 Å². The standard InChI is InChI=1S/C29H28ClN3O6/c1-6-39-28(35)23-21(19-14-17-13-16(3)9-12-20(17)32-25(19)30)22(27(34)37-4)24(29(36)38-5)33(26(23)31)18-10-7-15(2)8-11-18/h7-14,21H,6,31H2,1-5H3. The summed E-state index contributed by atoms with van der Waals surface area (Å²) in [5.74, 6) is -3.92. The Morgan fingerprint density at radius 2 is 1.56 bits per heavy atom. The first-order valence-corrected chi connectivity index (χ1v) is 12.5. The third kappa shape index (κ3) is 5.05. The summed E-state index contributed by atoms with van der Waals surface area (Å²) in [5.41, 5.74) is 9.37. The van der Waals surface area contributed by atoms with Crippen LogP contribution in [0.4, 0.5) is 5.69 Å². The second-order valence-electron chi connectivity index (χ2n) is 8.93. The van der Waals surface area contributed by atoms with Gasteiger partial charge >= 0.3 is 17.9 Å². The lowest BCUT2D eigenvalue weighted by Gasteiger charge is -2.37. The van der Waals surface area contributed by atoms with Crippen molar-refractivity contribution in [3.05, 3.63) is 93.0 Å². The van der Waals surface area contributed by atoms with Crippen LogP contribution in [0.2, 0.25) is 5.15 Å². The number of carbonyl (C=O) groups is 3. The quantitative estimate of drug-likeness (QED) is 0.270. The van der Waals surface area contributed by atoms with E-state index in [4.69, 9.17) is 31.5 Å². The van der Waals surface area contributed by atoms with Crippen molar-refractivity contribution in [1.29, 1.82) is 0 Å². The van der Waals surface area contributed by atoms with Crippen molar-refractivity contribution < 1.29 is 28.6 Å². The van der Waals surface area contributed by atoms with Crippen molar-refractivity contribution in [3.63, 3.8) is 0 Å². The van der Waals surface area contributed by atoms with Crippen LogP contribution in [-0.2, 0) is 28.6 Å². The number of methoxy groups -OCH3 is 2. The van der Waals surface area contributed by atoms with E-state index < -0.39 is 23.8 Å². The number of aromatic nitrogens is 1. The normalized spacial score (nSPS) is 15.4. The molecule has 2 heterocycles. The van der Waals surface area contributed by atoms with E-state index in [1.54, 1.807) is 37.3 Å². The van der Waals surface area contributed by atoms with Gasteiger partial charge in [-0.05, 0) is 51.1 Å². The molecule has 0 aliphatic carbocycles. The lowest BCUT2D eigenvalue weighted by Crippen LogP contribution is -2.42. The molecule has 39 heavy (non-hydrogen) atoms. The van der Waals surface area contributed by atoms with Gasteiger partial charge in [0.2, 0.25) is 0 Å². The van der Waals surface area contributed by atoms with Gasteiger partial charge in [0.25, 0.3) is 0 Å². The molecule has 202 valence electrons. The molecule has 10 heteroatoms. The van der Waals surface area contributed by atoms with Crippen LogP contribution in [0.15, 0.2) is 71.2 Å². The van der Waals surface area contributed by atoms with Crippen LogP contribution < -0.4 is 10.6 Å². The highest BCUT2D eigenvalue weighted by atomic mass is 35.5. The molecule has 0 fully saturated rings. The smallest absolute Gasteiger partial charge is 0.355 e. The summed E-state index contributed by atoms with van der Waals surface area (Å²) < 4.78 is 15.6. The zero-order valence-electron chi connectivity index (χ0n) is 22.2. The number of hydrogen-bond donors (Lipinski definition) is 1. The Kier molecular flexibility index (Phi) is 7.92. The molecule has 9 nitrogen and oxygen atoms in total. The summed E-state index contributed by atoms with van der Waals surface area (Å²) in [5, 5.41) is 0.723. The second-order valence-corrected chi connectivity index (χ2v) is 9.29. The van der Waals surface area contributed by atoms with Crippen molar-refractivity contribution in [2.24, 2.45) is 5.73 Å². The maximum absolute atomic E-state index is 13.5. The number of carbonyl (C=O) groups excluding carboxylic acids is 3. The fourth-order valence-electron chi connectivity index (χ4n) is 4.61. The third-order valence-corrected chi connectivity index (χ3v) is 6.71. The molecule has 4 rings (SSSR count). The molecule has 2 aromatic carbocycles. The fourth-order valence-corrected chi connectivity index (χ4v) is 4.86. The summed E-state index contributed by atoms with van der Waals surface area (Å²) in [6, 6.07) is 14.3. The molecular weight excluding hydrogens is 522 g/mol. The lowest BCUT2D eigenvalue weighted by molar-refractivity contribution is -0.141. The number of pyridine rings is 1. The maximum Gasteiger partial charge on any atom is 0.355 e. The first kappa shape index (κ1) is 27.7. The van der Waals surface area contributed by atoms with Gasteiger partial charge in [-0.1, -0.05) is 40.9 Å². The van der Waals surface area contributed by atoms with Crippen LogP contribution in [0.1, 0.15) is 29.5 Å². The Balaban J connectivity index is 2.14. The van der Waals surface area contributed by atoms with Crippen molar-refractivity contribution in [1.82, 2.24) is 4.98 Å². The van der Waals surface area contributed by atoms with E-state index in [0.29, 0.717) is 16.6 Å². The van der Waals surface area contributed by atoms with E-state index in [2.05, 4.69) is 4.98 Å². The Labute approximate surface area is 230 Å². The predicted molar refractivity (Wildman–Crippen MR) is 147 cm³/mol. The minimum Gasteiger partial charge on any atom is -0.466 e. The van der Waals surface area contributed by atoms with E-state index >= 15 is 0 Å². The van der Waals surface area contributed by atoms with Crippen LogP contribution in [0.3, 0.4) is 0 Å². The summed E-state index contributed by atoms with van der Waals surface area (Å²) in [7, 11) is 2.35. The maximum atomic E-state index is 13.5. The molecule has 0 bridgehead atoms. The molecule has 0 spiro atoms. The number of nitrogens with zero attached hydrogens (tertiary/aromatic N) is 2. The van der Waals surface area contributed by atoms with Gasteiger partial charge in [0.05, 0.1) is 43.4 Å².